The summed E-state index contributed by atoms with van der Waals surface area (Å²) in [5, 5.41) is 3.09. The molecule has 0 saturated carbocycles. The summed E-state index contributed by atoms with van der Waals surface area (Å²) in [7, 11) is -3.52. The van der Waals surface area contributed by atoms with Crippen molar-refractivity contribution < 1.29 is 8.42 Å². The molecule has 0 saturated heterocycles. The van der Waals surface area contributed by atoms with Crippen molar-refractivity contribution in [3.8, 4) is 0 Å². The molecule has 114 valence electrons. The number of nitrogens with zero attached hydrogens (tertiary/aromatic N) is 1. The van der Waals surface area contributed by atoms with E-state index < -0.39 is 10.0 Å². The first-order chi connectivity index (χ1) is 9.16. The Morgan fingerprint density at radius 2 is 2.00 bits per heavy atom. The molecule has 0 bridgehead atoms. The van der Waals surface area contributed by atoms with E-state index in [0.29, 0.717) is 5.82 Å². The summed E-state index contributed by atoms with van der Waals surface area (Å²) in [5.74, 6) is 0.582. The fraction of sp³-hybridized carbons (Fsp3) is 0.643. The van der Waals surface area contributed by atoms with Crippen LogP contribution in [0.15, 0.2) is 23.2 Å². The quantitative estimate of drug-likeness (QED) is 0.847. The number of aromatic nitrogens is 1. The SMILES string of the molecule is CCCNc1cc(S(=O)(=O)NC(C)C(C)(C)C)ccn1. The van der Waals surface area contributed by atoms with Crippen molar-refractivity contribution in [1.82, 2.24) is 9.71 Å². The van der Waals surface area contributed by atoms with Gasteiger partial charge in [-0.3, -0.25) is 0 Å². The summed E-state index contributed by atoms with van der Waals surface area (Å²) >= 11 is 0. The van der Waals surface area contributed by atoms with E-state index >= 15 is 0 Å². The summed E-state index contributed by atoms with van der Waals surface area (Å²) in [6, 6.07) is 2.91. The molecular weight excluding hydrogens is 274 g/mol. The third-order valence-electron chi connectivity index (χ3n) is 3.23. The first kappa shape index (κ1) is 16.9. The van der Waals surface area contributed by atoms with E-state index in [0.717, 1.165) is 13.0 Å². The van der Waals surface area contributed by atoms with Crippen LogP contribution in [0.5, 0.6) is 0 Å². The smallest absolute Gasteiger partial charge is 0.241 e. The van der Waals surface area contributed by atoms with Gasteiger partial charge < -0.3 is 5.32 Å². The van der Waals surface area contributed by atoms with E-state index in [-0.39, 0.29) is 16.4 Å². The van der Waals surface area contributed by atoms with Crippen LogP contribution in [0.4, 0.5) is 5.82 Å². The Labute approximate surface area is 122 Å². The fourth-order valence-electron chi connectivity index (χ4n) is 1.41. The van der Waals surface area contributed by atoms with Crippen LogP contribution < -0.4 is 10.0 Å². The predicted molar refractivity (Wildman–Crippen MR) is 82.3 cm³/mol. The summed E-state index contributed by atoms with van der Waals surface area (Å²) in [6.45, 7) is 10.7. The highest BCUT2D eigenvalue weighted by molar-refractivity contribution is 7.89. The molecule has 6 heteroatoms. The van der Waals surface area contributed by atoms with Crippen molar-refractivity contribution in [1.29, 1.82) is 0 Å². The highest BCUT2D eigenvalue weighted by Crippen LogP contribution is 2.21. The Morgan fingerprint density at radius 3 is 2.55 bits per heavy atom. The lowest BCUT2D eigenvalue weighted by molar-refractivity contribution is 0.317. The molecule has 2 N–H and O–H groups in total. The van der Waals surface area contributed by atoms with Gasteiger partial charge >= 0.3 is 0 Å². The predicted octanol–water partition coefficient (Wildman–Crippen LogP) is 2.62. The van der Waals surface area contributed by atoms with Gasteiger partial charge in [-0.15, -0.1) is 0 Å². The van der Waals surface area contributed by atoms with Crippen LogP contribution in [0, 0.1) is 5.41 Å². The molecule has 1 atom stereocenters. The third-order valence-corrected chi connectivity index (χ3v) is 4.77. The molecular formula is C14H25N3O2S. The molecule has 1 unspecified atom stereocenters. The average Bonchev–Trinajstić information content (AvgIpc) is 2.35. The molecule has 0 aliphatic heterocycles. The van der Waals surface area contributed by atoms with Gasteiger partial charge in [0.25, 0.3) is 0 Å². The van der Waals surface area contributed by atoms with Crippen molar-refractivity contribution in [3.63, 3.8) is 0 Å². The van der Waals surface area contributed by atoms with E-state index in [1.807, 2.05) is 34.6 Å². The van der Waals surface area contributed by atoms with Gasteiger partial charge in [-0.25, -0.2) is 18.1 Å². The maximum atomic E-state index is 12.3. The van der Waals surface area contributed by atoms with Gasteiger partial charge in [-0.05, 0) is 24.8 Å². The molecule has 0 aliphatic carbocycles. The van der Waals surface area contributed by atoms with Crippen LogP contribution in [-0.4, -0.2) is 26.0 Å². The molecule has 0 spiro atoms. The number of hydrogen-bond acceptors (Lipinski definition) is 4. The van der Waals surface area contributed by atoms with Crippen molar-refractivity contribution in [2.24, 2.45) is 5.41 Å². The van der Waals surface area contributed by atoms with Crippen LogP contribution in [0.1, 0.15) is 41.0 Å². The van der Waals surface area contributed by atoms with Crippen LogP contribution in [0.2, 0.25) is 0 Å². The average molecular weight is 299 g/mol. The van der Waals surface area contributed by atoms with E-state index in [1.165, 1.54) is 12.3 Å². The molecule has 1 aromatic rings. The van der Waals surface area contributed by atoms with Crippen LogP contribution >= 0.6 is 0 Å². The van der Waals surface area contributed by atoms with Crippen LogP contribution in [0.3, 0.4) is 0 Å². The van der Waals surface area contributed by atoms with Gasteiger partial charge in [-0.1, -0.05) is 27.7 Å². The van der Waals surface area contributed by atoms with Crippen molar-refractivity contribution in [3.05, 3.63) is 18.3 Å². The number of anilines is 1. The molecule has 1 aromatic heterocycles. The lowest BCUT2D eigenvalue weighted by Gasteiger charge is -2.27. The highest BCUT2D eigenvalue weighted by Gasteiger charge is 2.26. The molecule has 0 radical (unpaired) electrons. The number of pyridine rings is 1. The zero-order valence-electron chi connectivity index (χ0n) is 12.9. The topological polar surface area (TPSA) is 71.1 Å². The first-order valence-electron chi connectivity index (χ1n) is 6.89. The standard InChI is InChI=1S/C14H25N3O2S/c1-6-8-15-13-10-12(7-9-16-13)20(18,19)17-11(2)14(3,4)5/h7,9-11,17H,6,8H2,1-5H3,(H,15,16). The second-order valence-electron chi connectivity index (χ2n) is 6.01. The lowest BCUT2D eigenvalue weighted by Crippen LogP contribution is -2.41. The van der Waals surface area contributed by atoms with Crippen molar-refractivity contribution >= 4 is 15.8 Å². The maximum Gasteiger partial charge on any atom is 0.241 e. The minimum absolute atomic E-state index is 0.136. The van der Waals surface area contributed by atoms with Gasteiger partial charge in [0, 0.05) is 24.8 Å². The van der Waals surface area contributed by atoms with Crippen LogP contribution in [-0.2, 0) is 10.0 Å². The summed E-state index contributed by atoms with van der Waals surface area (Å²) in [4.78, 5) is 4.35. The molecule has 0 amide bonds. The van der Waals surface area contributed by atoms with Gasteiger partial charge in [0.1, 0.15) is 5.82 Å². The van der Waals surface area contributed by atoms with E-state index in [1.54, 1.807) is 6.07 Å². The van der Waals surface area contributed by atoms with Crippen molar-refractivity contribution in [2.45, 2.75) is 52.0 Å². The minimum atomic E-state index is -3.52. The number of nitrogens with one attached hydrogen (secondary N) is 2. The molecule has 0 aromatic carbocycles. The Balaban J connectivity index is 2.92. The number of hydrogen-bond donors (Lipinski definition) is 2. The van der Waals surface area contributed by atoms with E-state index in [9.17, 15) is 8.42 Å². The fourth-order valence-corrected chi connectivity index (χ4v) is 2.87. The van der Waals surface area contributed by atoms with E-state index in [4.69, 9.17) is 0 Å². The molecule has 0 aliphatic rings. The second-order valence-corrected chi connectivity index (χ2v) is 7.73. The normalized spacial score (nSPS) is 14.1. The molecule has 20 heavy (non-hydrogen) atoms. The molecule has 1 rings (SSSR count). The Bertz CT molecular complexity index is 536. The van der Waals surface area contributed by atoms with Gasteiger partial charge in [0.2, 0.25) is 10.0 Å². The minimum Gasteiger partial charge on any atom is -0.370 e. The second kappa shape index (κ2) is 6.54. The Hall–Kier alpha value is -1.14. The zero-order valence-corrected chi connectivity index (χ0v) is 13.7. The zero-order chi connectivity index (χ0) is 15.4. The molecule has 5 nitrogen and oxygen atoms in total. The van der Waals surface area contributed by atoms with E-state index in [2.05, 4.69) is 15.0 Å². The van der Waals surface area contributed by atoms with Gasteiger partial charge in [0.15, 0.2) is 0 Å². The lowest BCUT2D eigenvalue weighted by atomic mass is 9.89. The van der Waals surface area contributed by atoms with Gasteiger partial charge in [-0.2, -0.15) is 0 Å². The molecule has 1 heterocycles. The van der Waals surface area contributed by atoms with Gasteiger partial charge in [0.05, 0.1) is 4.90 Å². The number of rotatable bonds is 6. The Morgan fingerprint density at radius 1 is 1.35 bits per heavy atom. The highest BCUT2D eigenvalue weighted by atomic mass is 32.2. The van der Waals surface area contributed by atoms with Crippen LogP contribution in [0.25, 0.3) is 0 Å². The summed E-state index contributed by atoms with van der Waals surface area (Å²) < 4.78 is 27.4. The monoisotopic (exact) mass is 299 g/mol. The Kier molecular flexibility index (Phi) is 5.53. The first-order valence-corrected chi connectivity index (χ1v) is 8.37. The largest absolute Gasteiger partial charge is 0.370 e. The molecule has 0 fully saturated rings. The summed E-state index contributed by atoms with van der Waals surface area (Å²) in [6.07, 6.45) is 2.46. The summed E-state index contributed by atoms with van der Waals surface area (Å²) in [5.41, 5.74) is -0.136. The third kappa shape index (κ3) is 4.76. The number of sulfonamides is 1. The van der Waals surface area contributed by atoms with Crippen molar-refractivity contribution in [2.75, 3.05) is 11.9 Å². The maximum absolute atomic E-state index is 12.3.